The van der Waals surface area contributed by atoms with Gasteiger partial charge in [0.2, 0.25) is 0 Å². The van der Waals surface area contributed by atoms with Gasteiger partial charge in [-0.05, 0) is 34.5 Å². The highest BCUT2D eigenvalue weighted by Gasteiger charge is 2.17. The second-order valence-electron chi connectivity index (χ2n) is 3.69. The van der Waals surface area contributed by atoms with Crippen molar-refractivity contribution in [2.75, 3.05) is 0 Å². The summed E-state index contributed by atoms with van der Waals surface area (Å²) in [5.41, 5.74) is 7.07. The summed E-state index contributed by atoms with van der Waals surface area (Å²) in [5, 5.41) is 0.566. The van der Waals surface area contributed by atoms with Crippen LogP contribution in [0.25, 0.3) is 11.0 Å². The molecule has 0 aliphatic carbocycles. The second-order valence-corrected chi connectivity index (χ2v) is 4.55. The average molecular weight is 286 g/mol. The molecule has 16 heavy (non-hydrogen) atoms. The minimum atomic E-state index is -0.245. The lowest BCUT2D eigenvalue weighted by Crippen LogP contribution is -1.98. The molecule has 4 heteroatoms. The summed E-state index contributed by atoms with van der Waals surface area (Å²) < 4.78 is 20.1. The molecule has 0 saturated heterocycles. The summed E-state index contributed by atoms with van der Waals surface area (Å²) in [6.07, 6.45) is 1.72. The standard InChI is InChI=1S/C12H13BrFNO/c1-2-3-7-10(6-15)16-12-8(13)4-5-9(14)11(7)12/h4-5H,2-3,6,15H2,1H3. The van der Waals surface area contributed by atoms with E-state index in [2.05, 4.69) is 22.9 Å². The van der Waals surface area contributed by atoms with E-state index in [9.17, 15) is 4.39 Å². The summed E-state index contributed by atoms with van der Waals surface area (Å²) in [6, 6.07) is 3.10. The first kappa shape index (κ1) is 11.6. The molecule has 0 atom stereocenters. The quantitative estimate of drug-likeness (QED) is 0.933. The molecule has 0 aliphatic heterocycles. The molecule has 0 radical (unpaired) electrons. The van der Waals surface area contributed by atoms with Gasteiger partial charge in [-0.25, -0.2) is 4.39 Å². The first-order valence-corrected chi connectivity index (χ1v) is 6.06. The monoisotopic (exact) mass is 285 g/mol. The molecule has 1 heterocycles. The molecule has 0 amide bonds. The highest BCUT2D eigenvalue weighted by molar-refractivity contribution is 9.10. The molecular weight excluding hydrogens is 273 g/mol. The summed E-state index contributed by atoms with van der Waals surface area (Å²) >= 11 is 3.36. The molecule has 0 aliphatic rings. The van der Waals surface area contributed by atoms with E-state index < -0.39 is 0 Å². The van der Waals surface area contributed by atoms with Crippen molar-refractivity contribution in [3.05, 3.63) is 33.7 Å². The van der Waals surface area contributed by atoms with E-state index in [1.807, 2.05) is 0 Å². The number of benzene rings is 1. The average Bonchev–Trinajstić information content (AvgIpc) is 2.64. The predicted octanol–water partition coefficient (Wildman–Crippen LogP) is 3.75. The van der Waals surface area contributed by atoms with Gasteiger partial charge in [0.05, 0.1) is 16.4 Å². The van der Waals surface area contributed by atoms with Gasteiger partial charge < -0.3 is 10.2 Å². The fraction of sp³-hybridized carbons (Fsp3) is 0.333. The largest absolute Gasteiger partial charge is 0.458 e. The fourth-order valence-electron chi connectivity index (χ4n) is 1.92. The maximum atomic E-state index is 13.8. The molecule has 0 unspecified atom stereocenters. The number of hydrogen-bond donors (Lipinski definition) is 1. The molecule has 1 aromatic carbocycles. The smallest absolute Gasteiger partial charge is 0.151 e. The Bertz CT molecular complexity index is 521. The normalized spacial score (nSPS) is 11.2. The van der Waals surface area contributed by atoms with Crippen molar-refractivity contribution in [2.45, 2.75) is 26.3 Å². The number of aryl methyl sites for hydroxylation is 1. The molecule has 2 aromatic rings. The number of nitrogens with two attached hydrogens (primary N) is 1. The van der Waals surface area contributed by atoms with E-state index in [1.165, 1.54) is 6.07 Å². The van der Waals surface area contributed by atoms with Gasteiger partial charge in [0.1, 0.15) is 11.6 Å². The Balaban J connectivity index is 2.78. The van der Waals surface area contributed by atoms with E-state index >= 15 is 0 Å². The topological polar surface area (TPSA) is 39.2 Å². The zero-order valence-corrected chi connectivity index (χ0v) is 10.6. The molecular formula is C12H13BrFNO. The van der Waals surface area contributed by atoms with Crippen molar-refractivity contribution >= 4 is 26.9 Å². The minimum Gasteiger partial charge on any atom is -0.458 e. The zero-order valence-electron chi connectivity index (χ0n) is 9.02. The summed E-state index contributed by atoms with van der Waals surface area (Å²) in [5.74, 6) is 0.438. The van der Waals surface area contributed by atoms with Gasteiger partial charge in [-0.2, -0.15) is 0 Å². The van der Waals surface area contributed by atoms with Crippen LogP contribution in [0.15, 0.2) is 21.0 Å². The van der Waals surface area contributed by atoms with Crippen LogP contribution in [0, 0.1) is 5.82 Å². The Morgan fingerprint density at radius 3 is 2.81 bits per heavy atom. The van der Waals surface area contributed by atoms with E-state index in [-0.39, 0.29) is 5.82 Å². The van der Waals surface area contributed by atoms with Crippen LogP contribution in [-0.4, -0.2) is 0 Å². The number of furan rings is 1. The maximum Gasteiger partial charge on any atom is 0.151 e. The third-order valence-electron chi connectivity index (χ3n) is 2.61. The summed E-state index contributed by atoms with van der Waals surface area (Å²) in [6.45, 7) is 2.35. The highest BCUT2D eigenvalue weighted by Crippen LogP contribution is 2.34. The molecule has 1 aromatic heterocycles. The number of rotatable bonds is 3. The van der Waals surface area contributed by atoms with Gasteiger partial charge in [-0.1, -0.05) is 13.3 Å². The van der Waals surface area contributed by atoms with Gasteiger partial charge in [-0.15, -0.1) is 0 Å². The van der Waals surface area contributed by atoms with Crippen LogP contribution < -0.4 is 5.73 Å². The number of hydrogen-bond acceptors (Lipinski definition) is 2. The molecule has 2 nitrogen and oxygen atoms in total. The van der Waals surface area contributed by atoms with Crippen molar-refractivity contribution in [3.63, 3.8) is 0 Å². The Morgan fingerprint density at radius 2 is 2.19 bits per heavy atom. The second kappa shape index (κ2) is 4.55. The highest BCUT2D eigenvalue weighted by atomic mass is 79.9. The third-order valence-corrected chi connectivity index (χ3v) is 3.23. The first-order chi connectivity index (χ1) is 7.69. The molecule has 86 valence electrons. The lowest BCUT2D eigenvalue weighted by molar-refractivity contribution is 0.543. The Labute approximate surface area is 102 Å². The van der Waals surface area contributed by atoms with Crippen LogP contribution in [0.4, 0.5) is 4.39 Å². The maximum absolute atomic E-state index is 13.8. The Hall–Kier alpha value is -0.870. The Morgan fingerprint density at radius 1 is 1.44 bits per heavy atom. The zero-order chi connectivity index (χ0) is 11.7. The van der Waals surface area contributed by atoms with E-state index in [0.29, 0.717) is 23.3 Å². The van der Waals surface area contributed by atoms with Crippen molar-refractivity contribution in [2.24, 2.45) is 5.73 Å². The van der Waals surface area contributed by atoms with E-state index in [1.54, 1.807) is 6.07 Å². The third kappa shape index (κ3) is 1.76. The van der Waals surface area contributed by atoms with Crippen molar-refractivity contribution in [3.8, 4) is 0 Å². The molecule has 0 bridgehead atoms. The van der Waals surface area contributed by atoms with Gasteiger partial charge in [-0.3, -0.25) is 0 Å². The Kier molecular flexibility index (Phi) is 3.30. The van der Waals surface area contributed by atoms with Crippen molar-refractivity contribution < 1.29 is 8.81 Å². The van der Waals surface area contributed by atoms with Crippen LogP contribution in [-0.2, 0) is 13.0 Å². The molecule has 0 spiro atoms. The lowest BCUT2D eigenvalue weighted by atomic mass is 10.1. The van der Waals surface area contributed by atoms with E-state index in [0.717, 1.165) is 22.9 Å². The van der Waals surface area contributed by atoms with Gasteiger partial charge >= 0.3 is 0 Å². The van der Waals surface area contributed by atoms with Crippen molar-refractivity contribution in [1.82, 2.24) is 0 Å². The minimum absolute atomic E-state index is 0.245. The van der Waals surface area contributed by atoms with E-state index in [4.69, 9.17) is 10.2 Å². The first-order valence-electron chi connectivity index (χ1n) is 5.27. The van der Waals surface area contributed by atoms with Crippen molar-refractivity contribution in [1.29, 1.82) is 0 Å². The number of halogens is 2. The summed E-state index contributed by atoms with van der Waals surface area (Å²) in [4.78, 5) is 0. The lowest BCUT2D eigenvalue weighted by Gasteiger charge is -1.99. The molecule has 2 N–H and O–H groups in total. The molecule has 0 fully saturated rings. The fourth-order valence-corrected chi connectivity index (χ4v) is 2.33. The van der Waals surface area contributed by atoms with Crippen LogP contribution >= 0.6 is 15.9 Å². The molecule has 2 rings (SSSR count). The van der Waals surface area contributed by atoms with Gasteiger partial charge in [0.25, 0.3) is 0 Å². The van der Waals surface area contributed by atoms with Crippen LogP contribution in [0.5, 0.6) is 0 Å². The van der Waals surface area contributed by atoms with Crippen LogP contribution in [0.1, 0.15) is 24.7 Å². The predicted molar refractivity (Wildman–Crippen MR) is 65.8 cm³/mol. The van der Waals surface area contributed by atoms with Gasteiger partial charge in [0.15, 0.2) is 5.58 Å². The van der Waals surface area contributed by atoms with Crippen LogP contribution in [0.2, 0.25) is 0 Å². The summed E-state index contributed by atoms with van der Waals surface area (Å²) in [7, 11) is 0. The number of fused-ring (bicyclic) bond motifs is 1. The van der Waals surface area contributed by atoms with Gasteiger partial charge in [0, 0.05) is 5.56 Å². The molecule has 0 saturated carbocycles. The SMILES string of the molecule is CCCc1c(CN)oc2c(Br)ccc(F)c12. The van der Waals surface area contributed by atoms with Crippen LogP contribution in [0.3, 0.4) is 0 Å².